The van der Waals surface area contributed by atoms with Crippen LogP contribution in [0.3, 0.4) is 0 Å². The van der Waals surface area contributed by atoms with E-state index in [-0.39, 0.29) is 17.7 Å². The van der Waals surface area contributed by atoms with E-state index in [4.69, 9.17) is 0 Å². The molecule has 0 saturated carbocycles. The molecule has 1 aromatic carbocycles. The van der Waals surface area contributed by atoms with Crippen LogP contribution >= 0.6 is 11.8 Å². The van der Waals surface area contributed by atoms with Gasteiger partial charge in [-0.1, -0.05) is 23.9 Å². The number of aryl methyl sites for hydroxylation is 1. The van der Waals surface area contributed by atoms with Crippen LogP contribution in [0.4, 0.5) is 4.79 Å². The molecule has 0 aliphatic rings. The van der Waals surface area contributed by atoms with Crippen LogP contribution in [0.15, 0.2) is 29.3 Å². The number of benzene rings is 1. The average molecular weight is 318 g/mol. The number of fused-ring (bicyclic) bond motifs is 1. The summed E-state index contributed by atoms with van der Waals surface area (Å²) >= 11 is 1.27. The number of rotatable bonds is 4. The summed E-state index contributed by atoms with van der Waals surface area (Å²) in [6.07, 6.45) is 0. The third kappa shape index (κ3) is 4.42. The SMILES string of the molecule is Cc1nc2ccccc2nc1SCC(=O)NC(=O)NC(C)C. The Kier molecular flexibility index (Phi) is 5.32. The fraction of sp³-hybridized carbons (Fsp3) is 0.333. The van der Waals surface area contributed by atoms with Crippen LogP contribution in [-0.4, -0.2) is 33.7 Å². The van der Waals surface area contributed by atoms with Gasteiger partial charge >= 0.3 is 6.03 Å². The Morgan fingerprint density at radius 3 is 2.45 bits per heavy atom. The number of aromatic nitrogens is 2. The van der Waals surface area contributed by atoms with Crippen molar-refractivity contribution in [3.63, 3.8) is 0 Å². The Morgan fingerprint density at radius 2 is 1.82 bits per heavy atom. The van der Waals surface area contributed by atoms with Crippen LogP contribution in [0.5, 0.6) is 0 Å². The molecule has 22 heavy (non-hydrogen) atoms. The van der Waals surface area contributed by atoms with Crippen LogP contribution in [0.1, 0.15) is 19.5 Å². The number of urea groups is 1. The number of carbonyl (C=O) groups is 2. The Morgan fingerprint density at radius 1 is 1.18 bits per heavy atom. The number of thioether (sulfide) groups is 1. The zero-order chi connectivity index (χ0) is 16.1. The van der Waals surface area contributed by atoms with Crippen LogP contribution in [0.25, 0.3) is 11.0 Å². The summed E-state index contributed by atoms with van der Waals surface area (Å²) in [7, 11) is 0. The highest BCUT2D eigenvalue weighted by Gasteiger charge is 2.11. The number of nitrogens with one attached hydrogen (secondary N) is 2. The summed E-state index contributed by atoms with van der Waals surface area (Å²) in [6.45, 7) is 5.50. The molecule has 7 heteroatoms. The van der Waals surface area contributed by atoms with Crippen molar-refractivity contribution in [3.8, 4) is 0 Å². The van der Waals surface area contributed by atoms with Crippen molar-refractivity contribution in [2.75, 3.05) is 5.75 Å². The lowest BCUT2D eigenvalue weighted by Crippen LogP contribution is -2.43. The van der Waals surface area contributed by atoms with E-state index in [1.54, 1.807) is 0 Å². The van der Waals surface area contributed by atoms with Crippen molar-refractivity contribution in [1.29, 1.82) is 0 Å². The summed E-state index contributed by atoms with van der Waals surface area (Å²) in [5, 5.41) is 5.57. The summed E-state index contributed by atoms with van der Waals surface area (Å²) in [5.74, 6) is -0.253. The van der Waals surface area contributed by atoms with Crippen molar-refractivity contribution in [1.82, 2.24) is 20.6 Å². The molecule has 2 aromatic rings. The maximum absolute atomic E-state index is 11.7. The highest BCUT2D eigenvalue weighted by molar-refractivity contribution is 7.99. The third-order valence-electron chi connectivity index (χ3n) is 2.71. The van der Waals surface area contributed by atoms with Crippen molar-refractivity contribution in [3.05, 3.63) is 30.0 Å². The second kappa shape index (κ2) is 7.22. The van der Waals surface area contributed by atoms with Crippen LogP contribution in [0, 0.1) is 6.92 Å². The lowest BCUT2D eigenvalue weighted by molar-refractivity contribution is -0.117. The molecule has 0 bridgehead atoms. The van der Waals surface area contributed by atoms with Gasteiger partial charge in [0.15, 0.2) is 0 Å². The first kappa shape index (κ1) is 16.2. The third-order valence-corrected chi connectivity index (χ3v) is 3.78. The van der Waals surface area contributed by atoms with E-state index in [2.05, 4.69) is 20.6 Å². The van der Waals surface area contributed by atoms with E-state index < -0.39 is 6.03 Å². The predicted molar refractivity (Wildman–Crippen MR) is 86.8 cm³/mol. The quantitative estimate of drug-likeness (QED) is 0.845. The summed E-state index contributed by atoms with van der Waals surface area (Å²) in [4.78, 5) is 32.1. The van der Waals surface area contributed by atoms with Crippen molar-refractivity contribution in [2.24, 2.45) is 0 Å². The molecule has 6 nitrogen and oxygen atoms in total. The maximum Gasteiger partial charge on any atom is 0.321 e. The summed E-state index contributed by atoms with van der Waals surface area (Å²) in [6, 6.07) is 7.07. The number of hydrogen-bond acceptors (Lipinski definition) is 5. The molecule has 0 aliphatic heterocycles. The van der Waals surface area contributed by atoms with Crippen LogP contribution < -0.4 is 10.6 Å². The maximum atomic E-state index is 11.7. The Bertz CT molecular complexity index is 703. The molecule has 0 saturated heterocycles. The molecule has 2 N–H and O–H groups in total. The first-order valence-electron chi connectivity index (χ1n) is 6.92. The lowest BCUT2D eigenvalue weighted by atomic mass is 10.3. The molecular weight excluding hydrogens is 300 g/mol. The van der Waals surface area contributed by atoms with E-state index in [0.29, 0.717) is 5.03 Å². The highest BCUT2D eigenvalue weighted by Crippen LogP contribution is 2.21. The van der Waals surface area contributed by atoms with Crippen molar-refractivity contribution < 1.29 is 9.59 Å². The van der Waals surface area contributed by atoms with Gasteiger partial charge in [-0.2, -0.15) is 0 Å². The number of imide groups is 1. The molecule has 0 unspecified atom stereocenters. The largest absolute Gasteiger partial charge is 0.336 e. The van der Waals surface area contributed by atoms with E-state index >= 15 is 0 Å². The Balaban J connectivity index is 1.98. The minimum atomic E-state index is -0.484. The van der Waals surface area contributed by atoms with Crippen LogP contribution in [0.2, 0.25) is 0 Å². The van der Waals surface area contributed by atoms with Gasteiger partial charge in [0.05, 0.1) is 22.5 Å². The number of para-hydroxylation sites is 2. The van der Waals surface area contributed by atoms with Crippen molar-refractivity contribution in [2.45, 2.75) is 31.8 Å². The Labute approximate surface area is 133 Å². The first-order chi connectivity index (χ1) is 10.5. The van der Waals surface area contributed by atoms with E-state index in [9.17, 15) is 9.59 Å². The molecule has 1 aromatic heterocycles. The van der Waals surface area contributed by atoms with Gasteiger partial charge in [-0.15, -0.1) is 0 Å². The minimum absolute atomic E-state index is 0.0194. The number of amides is 3. The van der Waals surface area contributed by atoms with Gasteiger partial charge in [0.2, 0.25) is 5.91 Å². The topological polar surface area (TPSA) is 84.0 Å². The van der Waals surface area contributed by atoms with Crippen molar-refractivity contribution >= 4 is 34.7 Å². The standard InChI is InChI=1S/C15H18N4O2S/c1-9(2)16-15(21)19-13(20)8-22-14-10(3)17-11-6-4-5-7-12(11)18-14/h4-7,9H,8H2,1-3H3,(H2,16,19,20,21). The number of nitrogens with zero attached hydrogens (tertiary/aromatic N) is 2. The number of hydrogen-bond donors (Lipinski definition) is 2. The van der Waals surface area contributed by atoms with Gasteiger partial charge in [0, 0.05) is 6.04 Å². The first-order valence-corrected chi connectivity index (χ1v) is 7.91. The fourth-order valence-corrected chi connectivity index (χ4v) is 2.56. The zero-order valence-electron chi connectivity index (χ0n) is 12.7. The summed E-state index contributed by atoms with van der Waals surface area (Å²) in [5.41, 5.74) is 2.38. The minimum Gasteiger partial charge on any atom is -0.336 e. The summed E-state index contributed by atoms with van der Waals surface area (Å²) < 4.78 is 0. The molecule has 0 atom stereocenters. The zero-order valence-corrected chi connectivity index (χ0v) is 13.5. The van der Waals surface area contributed by atoms with Gasteiger partial charge in [-0.05, 0) is 32.9 Å². The van der Waals surface area contributed by atoms with E-state index in [1.165, 1.54) is 11.8 Å². The van der Waals surface area contributed by atoms with E-state index in [0.717, 1.165) is 16.7 Å². The molecule has 3 amide bonds. The molecule has 1 heterocycles. The van der Waals surface area contributed by atoms with Gasteiger partial charge in [-0.3, -0.25) is 10.1 Å². The van der Waals surface area contributed by atoms with Gasteiger partial charge in [0.1, 0.15) is 5.03 Å². The highest BCUT2D eigenvalue weighted by atomic mass is 32.2. The van der Waals surface area contributed by atoms with E-state index in [1.807, 2.05) is 45.0 Å². The molecule has 0 spiro atoms. The van der Waals surface area contributed by atoms with Gasteiger partial charge in [-0.25, -0.2) is 14.8 Å². The molecule has 0 radical (unpaired) electrons. The predicted octanol–water partition coefficient (Wildman–Crippen LogP) is 2.26. The lowest BCUT2D eigenvalue weighted by Gasteiger charge is -2.09. The second-order valence-electron chi connectivity index (χ2n) is 5.07. The molecule has 0 aliphatic carbocycles. The molecule has 0 fully saturated rings. The van der Waals surface area contributed by atoms with Gasteiger partial charge < -0.3 is 5.32 Å². The molecular formula is C15H18N4O2S. The smallest absolute Gasteiger partial charge is 0.321 e. The molecule has 116 valence electrons. The normalized spacial score (nSPS) is 10.7. The van der Waals surface area contributed by atoms with Crippen LogP contribution in [-0.2, 0) is 4.79 Å². The fourth-order valence-electron chi connectivity index (χ4n) is 1.80. The molecule has 2 rings (SSSR count). The second-order valence-corrected chi connectivity index (χ2v) is 6.03. The Hall–Kier alpha value is -2.15. The average Bonchev–Trinajstić information content (AvgIpc) is 2.44. The number of carbonyl (C=O) groups excluding carboxylic acids is 2. The monoisotopic (exact) mass is 318 g/mol. The van der Waals surface area contributed by atoms with Gasteiger partial charge in [0.25, 0.3) is 0 Å².